The fourth-order valence-electron chi connectivity index (χ4n) is 10.9. The minimum Gasteiger partial charge on any atom is -0.313 e. The summed E-state index contributed by atoms with van der Waals surface area (Å²) in [6, 6.07) is 55.9. The van der Waals surface area contributed by atoms with E-state index in [9.17, 15) is 0 Å². The van der Waals surface area contributed by atoms with E-state index < -0.39 is 0 Å². The molecule has 4 nitrogen and oxygen atoms in total. The van der Waals surface area contributed by atoms with Crippen molar-refractivity contribution in [1.29, 1.82) is 0 Å². The van der Waals surface area contributed by atoms with Crippen molar-refractivity contribution in [2.45, 2.75) is 57.8 Å². The summed E-state index contributed by atoms with van der Waals surface area (Å²) in [6.07, 6.45) is 8.92. The van der Waals surface area contributed by atoms with Gasteiger partial charge in [-0.1, -0.05) is 130 Å². The first kappa shape index (κ1) is 35.2. The van der Waals surface area contributed by atoms with Gasteiger partial charge in [-0.2, -0.15) is 0 Å². The molecule has 0 saturated carbocycles. The predicted molar refractivity (Wildman–Crippen MR) is 247 cm³/mol. The van der Waals surface area contributed by atoms with Crippen LogP contribution in [-0.2, 0) is 18.3 Å². The van der Waals surface area contributed by atoms with Crippen molar-refractivity contribution in [2.24, 2.45) is 5.92 Å². The van der Waals surface area contributed by atoms with Crippen molar-refractivity contribution < 1.29 is 0 Å². The highest BCUT2D eigenvalue weighted by Gasteiger charge is 2.36. The number of rotatable bonds is 5. The van der Waals surface area contributed by atoms with E-state index >= 15 is 0 Å². The van der Waals surface area contributed by atoms with Crippen LogP contribution >= 0.6 is 0 Å². The number of nitrogens with zero attached hydrogens (tertiary/aromatic N) is 4. The second-order valence-electron chi connectivity index (χ2n) is 17.7. The summed E-state index contributed by atoms with van der Waals surface area (Å²) in [4.78, 5) is 10.5. The number of allylic oxidation sites excluding steroid dienone is 2. The monoisotopic (exact) mass is 774 g/mol. The average molecular weight is 775 g/mol. The molecule has 3 aliphatic rings. The number of para-hydroxylation sites is 2. The number of hydrogen-bond donors (Lipinski definition) is 0. The van der Waals surface area contributed by atoms with Crippen LogP contribution < -0.4 is 0 Å². The maximum Gasteiger partial charge on any atom is 0.160 e. The Balaban J connectivity index is 1.02. The van der Waals surface area contributed by atoms with Gasteiger partial charge in [0, 0.05) is 55.9 Å². The molecular formula is C56H46N4. The van der Waals surface area contributed by atoms with Crippen molar-refractivity contribution in [2.75, 3.05) is 0 Å². The standard InChI is InChI=1S/C56H46N4/c1-35-15-7-8-18-40(35)49-34-48(36-16-5-4-6-17-36)57-55(58-49)37-25-27-38(28-26-37)60-50-23-13-10-20-43(50)44-31-32-52-53(54(44)60)45-21-11-14-24-51(45)59(52)39-29-30-42-41-19-9-12-22-46(41)56(2,3)47(42)33-39/h4-6,8-14,16-30,33-35,40H,7,15,31-32H2,1-3H3. The number of fused-ring (bicyclic) bond motifs is 10. The van der Waals surface area contributed by atoms with Crippen molar-refractivity contribution in [3.63, 3.8) is 0 Å². The lowest BCUT2D eigenvalue weighted by Gasteiger charge is -2.24. The van der Waals surface area contributed by atoms with E-state index in [1.54, 1.807) is 0 Å². The molecule has 0 amide bonds. The maximum atomic E-state index is 5.28. The van der Waals surface area contributed by atoms with Crippen LogP contribution in [0, 0.1) is 5.92 Å². The molecule has 60 heavy (non-hydrogen) atoms. The van der Waals surface area contributed by atoms with E-state index in [-0.39, 0.29) is 11.3 Å². The predicted octanol–water partition coefficient (Wildman–Crippen LogP) is 13.8. The van der Waals surface area contributed by atoms with E-state index in [1.807, 2.05) is 0 Å². The Labute approximate surface area is 351 Å². The number of aryl methyl sites for hydroxylation is 1. The molecule has 0 radical (unpaired) electrons. The molecule has 0 aliphatic heterocycles. The zero-order valence-electron chi connectivity index (χ0n) is 34.4. The van der Waals surface area contributed by atoms with Crippen LogP contribution in [0.2, 0.25) is 0 Å². The Morgan fingerprint density at radius 1 is 0.600 bits per heavy atom. The number of benzene rings is 6. The summed E-state index contributed by atoms with van der Waals surface area (Å²) in [7, 11) is 0. The van der Waals surface area contributed by atoms with E-state index in [2.05, 4.69) is 194 Å². The van der Waals surface area contributed by atoms with Gasteiger partial charge in [0.15, 0.2) is 5.82 Å². The van der Waals surface area contributed by atoms with Crippen molar-refractivity contribution >= 4 is 21.8 Å². The fourth-order valence-corrected chi connectivity index (χ4v) is 10.9. The molecular weight excluding hydrogens is 729 g/mol. The molecule has 0 N–H and O–H groups in total. The second kappa shape index (κ2) is 13.4. The molecule has 290 valence electrons. The van der Waals surface area contributed by atoms with Crippen LogP contribution in [0.1, 0.15) is 67.6 Å². The average Bonchev–Trinajstić information content (AvgIpc) is 3.90. The van der Waals surface area contributed by atoms with Gasteiger partial charge in [0.25, 0.3) is 0 Å². The molecule has 6 aromatic carbocycles. The van der Waals surface area contributed by atoms with Gasteiger partial charge in [0.1, 0.15) is 0 Å². The lowest BCUT2D eigenvalue weighted by molar-refractivity contribution is 0.462. The first-order valence-corrected chi connectivity index (χ1v) is 21.7. The third-order valence-corrected chi connectivity index (χ3v) is 13.9. The molecule has 4 heteroatoms. The molecule has 12 rings (SSSR count). The quantitative estimate of drug-likeness (QED) is 0.163. The van der Waals surface area contributed by atoms with Gasteiger partial charge in [0.05, 0.1) is 28.1 Å². The van der Waals surface area contributed by atoms with Gasteiger partial charge in [-0.05, 0) is 114 Å². The van der Waals surface area contributed by atoms with Crippen LogP contribution in [-0.4, -0.2) is 19.1 Å². The zero-order chi connectivity index (χ0) is 40.1. The Morgan fingerprint density at radius 3 is 2.12 bits per heavy atom. The first-order valence-electron chi connectivity index (χ1n) is 21.7. The van der Waals surface area contributed by atoms with Gasteiger partial charge in [-0.25, -0.2) is 9.97 Å². The Morgan fingerprint density at radius 2 is 1.30 bits per heavy atom. The van der Waals surface area contributed by atoms with Gasteiger partial charge >= 0.3 is 0 Å². The minimum absolute atomic E-state index is 0.0719. The highest BCUT2D eigenvalue weighted by atomic mass is 15.0. The molecule has 3 aromatic heterocycles. The zero-order valence-corrected chi connectivity index (χ0v) is 34.4. The highest BCUT2D eigenvalue weighted by molar-refractivity contribution is 6.05. The third kappa shape index (κ3) is 5.23. The maximum absolute atomic E-state index is 5.28. The Kier molecular flexibility index (Phi) is 7.84. The van der Waals surface area contributed by atoms with Gasteiger partial charge < -0.3 is 9.13 Å². The van der Waals surface area contributed by atoms with Gasteiger partial charge in [-0.15, -0.1) is 0 Å². The van der Waals surface area contributed by atoms with Crippen molar-refractivity contribution in [1.82, 2.24) is 19.1 Å². The molecule has 0 spiro atoms. The summed E-state index contributed by atoms with van der Waals surface area (Å²) in [5.74, 6) is 1.57. The van der Waals surface area contributed by atoms with Crippen LogP contribution in [0.15, 0.2) is 164 Å². The summed E-state index contributed by atoms with van der Waals surface area (Å²) >= 11 is 0. The SMILES string of the molecule is CC1CCC=CC1c1cc(-c2ccccc2)nc(-c2ccc(-n3c4c(c5ccccc53)CCc3c-4c4ccccc4n3-c3ccc4c(c3)C(C)(C)c3ccccc3-4)cc2)n1. The highest BCUT2D eigenvalue weighted by Crippen LogP contribution is 2.51. The summed E-state index contributed by atoms with van der Waals surface area (Å²) < 4.78 is 5.09. The second-order valence-corrected chi connectivity index (χ2v) is 17.7. The van der Waals surface area contributed by atoms with Crippen molar-refractivity contribution in [3.8, 4) is 56.4 Å². The minimum atomic E-state index is -0.0719. The topological polar surface area (TPSA) is 35.6 Å². The van der Waals surface area contributed by atoms with Gasteiger partial charge in [0.2, 0.25) is 0 Å². The molecule has 9 aromatic rings. The normalized spacial score (nSPS) is 17.4. The molecule has 2 unspecified atom stereocenters. The lowest BCUT2D eigenvalue weighted by Crippen LogP contribution is -2.15. The molecule has 2 atom stereocenters. The van der Waals surface area contributed by atoms with E-state index in [1.165, 1.54) is 78.7 Å². The van der Waals surface area contributed by atoms with Crippen LogP contribution in [0.3, 0.4) is 0 Å². The summed E-state index contributed by atoms with van der Waals surface area (Å²) in [5, 5.41) is 2.62. The van der Waals surface area contributed by atoms with E-state index in [4.69, 9.17) is 9.97 Å². The molecule has 3 heterocycles. The molecule has 0 saturated heterocycles. The van der Waals surface area contributed by atoms with Crippen molar-refractivity contribution in [3.05, 3.63) is 192 Å². The van der Waals surface area contributed by atoms with Gasteiger partial charge in [-0.3, -0.25) is 0 Å². The Hall–Kier alpha value is -6.78. The summed E-state index contributed by atoms with van der Waals surface area (Å²) in [5.41, 5.74) is 19.9. The largest absolute Gasteiger partial charge is 0.313 e. The lowest BCUT2D eigenvalue weighted by atomic mass is 9.82. The Bertz CT molecular complexity index is 3190. The number of aromatic nitrogens is 4. The van der Waals surface area contributed by atoms with E-state index in [0.29, 0.717) is 5.92 Å². The smallest absolute Gasteiger partial charge is 0.160 e. The fraction of sp³-hybridized carbons (Fsp3) is 0.179. The summed E-state index contributed by atoms with van der Waals surface area (Å²) in [6.45, 7) is 7.10. The first-order chi connectivity index (χ1) is 29.4. The number of hydrogen-bond acceptors (Lipinski definition) is 2. The molecule has 0 bridgehead atoms. The molecule has 0 fully saturated rings. The van der Waals surface area contributed by atoms with Crippen LogP contribution in [0.4, 0.5) is 0 Å². The van der Waals surface area contributed by atoms with Crippen LogP contribution in [0.25, 0.3) is 78.2 Å². The van der Waals surface area contributed by atoms with E-state index in [0.717, 1.165) is 53.3 Å². The molecule has 3 aliphatic carbocycles. The van der Waals surface area contributed by atoms with Crippen LogP contribution in [0.5, 0.6) is 0 Å². The third-order valence-electron chi connectivity index (χ3n) is 13.9.